The van der Waals surface area contributed by atoms with Gasteiger partial charge in [-0.2, -0.15) is 17.7 Å². The first-order valence-corrected chi connectivity index (χ1v) is 3.64. The standard InChI is InChI=1S/C9H13.2ClH.Ti/c1-2-3-6-9-7-4-5-8-9;;;/h4-5,7-8H,2-3,6H2,1H3;2*1H;/q-1;;;+3/p-2. The maximum atomic E-state index is 2.23. The molecule has 1 rings (SSSR count). The summed E-state index contributed by atoms with van der Waals surface area (Å²) in [7, 11) is 0. The van der Waals surface area contributed by atoms with Gasteiger partial charge in [0.05, 0.1) is 0 Å². The van der Waals surface area contributed by atoms with Gasteiger partial charge in [-0.15, -0.1) is 0 Å². The zero-order chi connectivity index (χ0) is 6.53. The van der Waals surface area contributed by atoms with Gasteiger partial charge in [-0.05, 0) is 0 Å². The Morgan fingerprint density at radius 3 is 2.00 bits per heavy atom. The Morgan fingerprint density at radius 2 is 1.58 bits per heavy atom. The van der Waals surface area contributed by atoms with Crippen LogP contribution in [0.4, 0.5) is 0 Å². The molecule has 0 bridgehead atoms. The molecule has 0 N–H and O–H groups in total. The molecule has 0 aliphatic rings. The van der Waals surface area contributed by atoms with Gasteiger partial charge in [0.25, 0.3) is 0 Å². The summed E-state index contributed by atoms with van der Waals surface area (Å²) in [6.45, 7) is 2.23. The Bertz CT molecular complexity index is 150. The van der Waals surface area contributed by atoms with E-state index in [1.165, 1.54) is 24.8 Å². The number of halogens is 2. The first-order valence-electron chi connectivity index (χ1n) is 3.64. The van der Waals surface area contributed by atoms with Crippen LogP contribution in [0.2, 0.25) is 0 Å². The molecule has 0 aliphatic heterocycles. The molecule has 0 unspecified atom stereocenters. The molecule has 0 nitrogen and oxygen atoms in total. The monoisotopic (exact) mass is 239 g/mol. The SMILES string of the molecule is CCCC[c-]1cccc1.[Cl-].[Cl-].[Ti+3]. The van der Waals surface area contributed by atoms with Gasteiger partial charge >= 0.3 is 21.7 Å². The van der Waals surface area contributed by atoms with E-state index in [2.05, 4.69) is 31.2 Å². The van der Waals surface area contributed by atoms with E-state index in [4.69, 9.17) is 0 Å². The van der Waals surface area contributed by atoms with E-state index < -0.39 is 0 Å². The van der Waals surface area contributed by atoms with Gasteiger partial charge < -0.3 is 24.8 Å². The Morgan fingerprint density at radius 1 is 1.08 bits per heavy atom. The fraction of sp³-hybridized carbons (Fsp3) is 0.444. The van der Waals surface area contributed by atoms with Crippen molar-refractivity contribution in [3.63, 3.8) is 0 Å². The Kier molecular flexibility index (Phi) is 17.9. The Balaban J connectivity index is -0.000000270. The first-order chi connectivity index (χ1) is 4.43. The van der Waals surface area contributed by atoms with Crippen molar-refractivity contribution in [2.45, 2.75) is 26.2 Å². The molecule has 0 saturated carbocycles. The fourth-order valence-electron chi connectivity index (χ4n) is 0.961. The average molecular weight is 240 g/mol. The largest absolute Gasteiger partial charge is 3.00 e. The van der Waals surface area contributed by atoms with Crippen molar-refractivity contribution in [2.75, 3.05) is 0 Å². The van der Waals surface area contributed by atoms with Crippen LogP contribution in [0.15, 0.2) is 24.3 Å². The predicted molar refractivity (Wildman–Crippen MR) is 40.6 cm³/mol. The second-order valence-electron chi connectivity index (χ2n) is 2.40. The summed E-state index contributed by atoms with van der Waals surface area (Å²) in [5, 5.41) is 0. The molecule has 0 saturated heterocycles. The summed E-state index contributed by atoms with van der Waals surface area (Å²) in [6, 6.07) is 8.58. The normalized spacial score (nSPS) is 7.42. The second-order valence-corrected chi connectivity index (χ2v) is 2.40. The second kappa shape index (κ2) is 11.6. The van der Waals surface area contributed by atoms with Crippen LogP contribution in [0.3, 0.4) is 0 Å². The average Bonchev–Trinajstić information content (AvgIpc) is 2.34. The number of hydrogen-bond acceptors (Lipinski definition) is 0. The Labute approximate surface area is 102 Å². The van der Waals surface area contributed by atoms with E-state index in [1.807, 2.05) is 0 Å². The van der Waals surface area contributed by atoms with Crippen molar-refractivity contribution in [3.05, 3.63) is 29.8 Å². The summed E-state index contributed by atoms with van der Waals surface area (Å²) in [6.07, 6.45) is 3.87. The molecular formula is C9H13Cl2Ti. The molecule has 3 heteroatoms. The zero-order valence-electron chi connectivity index (χ0n) is 7.19. The molecule has 0 spiro atoms. The summed E-state index contributed by atoms with van der Waals surface area (Å²) < 4.78 is 0. The number of aryl methyl sites for hydroxylation is 1. The molecule has 0 aliphatic carbocycles. The smallest absolute Gasteiger partial charge is 1.00 e. The first kappa shape index (κ1) is 18.4. The van der Waals surface area contributed by atoms with Gasteiger partial charge in [0.15, 0.2) is 0 Å². The summed E-state index contributed by atoms with van der Waals surface area (Å²) in [5.74, 6) is 0. The van der Waals surface area contributed by atoms with E-state index in [0.717, 1.165) is 0 Å². The molecule has 0 fully saturated rings. The fourth-order valence-corrected chi connectivity index (χ4v) is 0.961. The van der Waals surface area contributed by atoms with Gasteiger partial charge in [-0.3, -0.25) is 0 Å². The van der Waals surface area contributed by atoms with Crippen LogP contribution in [-0.4, -0.2) is 0 Å². The Hall–Kier alpha value is 0.644. The van der Waals surface area contributed by atoms with Gasteiger partial charge in [0.2, 0.25) is 0 Å². The minimum Gasteiger partial charge on any atom is -1.00 e. The van der Waals surface area contributed by atoms with Crippen LogP contribution in [-0.2, 0) is 28.1 Å². The van der Waals surface area contributed by atoms with E-state index >= 15 is 0 Å². The molecule has 1 radical (unpaired) electrons. The molecule has 1 aromatic rings. The van der Waals surface area contributed by atoms with Crippen LogP contribution < -0.4 is 24.8 Å². The number of unbranched alkanes of at least 4 members (excludes halogenated alkanes) is 1. The van der Waals surface area contributed by atoms with E-state index in [1.54, 1.807) is 0 Å². The zero-order valence-corrected chi connectivity index (χ0v) is 10.3. The van der Waals surface area contributed by atoms with Crippen LogP contribution in [0, 0.1) is 0 Å². The van der Waals surface area contributed by atoms with Gasteiger partial charge in [0, 0.05) is 0 Å². The van der Waals surface area contributed by atoms with Crippen LogP contribution in [0.5, 0.6) is 0 Å². The van der Waals surface area contributed by atoms with Gasteiger partial charge in [0.1, 0.15) is 0 Å². The van der Waals surface area contributed by atoms with Crippen molar-refractivity contribution in [2.24, 2.45) is 0 Å². The quantitative estimate of drug-likeness (QED) is 0.384. The van der Waals surface area contributed by atoms with Gasteiger partial charge in [-0.25, -0.2) is 12.1 Å². The third-order valence-electron chi connectivity index (χ3n) is 1.55. The summed E-state index contributed by atoms with van der Waals surface area (Å²) in [5.41, 5.74) is 1.48. The molecule has 67 valence electrons. The minimum absolute atomic E-state index is 0. The summed E-state index contributed by atoms with van der Waals surface area (Å²) >= 11 is 0. The van der Waals surface area contributed by atoms with Crippen LogP contribution in [0.1, 0.15) is 25.3 Å². The third-order valence-corrected chi connectivity index (χ3v) is 1.55. The van der Waals surface area contributed by atoms with Crippen molar-refractivity contribution < 1.29 is 46.5 Å². The maximum Gasteiger partial charge on any atom is 3.00 e. The minimum atomic E-state index is 0. The summed E-state index contributed by atoms with van der Waals surface area (Å²) in [4.78, 5) is 0. The molecule has 1 aromatic carbocycles. The maximum absolute atomic E-state index is 2.23. The van der Waals surface area contributed by atoms with Crippen LogP contribution in [0.25, 0.3) is 0 Å². The third kappa shape index (κ3) is 7.30. The van der Waals surface area contributed by atoms with Crippen molar-refractivity contribution >= 4 is 0 Å². The van der Waals surface area contributed by atoms with Crippen molar-refractivity contribution in [3.8, 4) is 0 Å². The van der Waals surface area contributed by atoms with Crippen molar-refractivity contribution in [1.82, 2.24) is 0 Å². The topological polar surface area (TPSA) is 0 Å². The van der Waals surface area contributed by atoms with E-state index in [0.29, 0.717) is 0 Å². The van der Waals surface area contributed by atoms with E-state index in [-0.39, 0.29) is 46.5 Å². The molecule has 12 heavy (non-hydrogen) atoms. The molecular weight excluding hydrogens is 227 g/mol. The van der Waals surface area contributed by atoms with Crippen LogP contribution >= 0.6 is 0 Å². The van der Waals surface area contributed by atoms with Crippen molar-refractivity contribution in [1.29, 1.82) is 0 Å². The molecule has 0 atom stereocenters. The molecule has 0 aromatic heterocycles. The number of hydrogen-bond donors (Lipinski definition) is 0. The molecule has 0 amide bonds. The molecule has 0 heterocycles. The number of rotatable bonds is 3. The predicted octanol–water partition coefficient (Wildman–Crippen LogP) is -3.25. The van der Waals surface area contributed by atoms with E-state index in [9.17, 15) is 0 Å². The van der Waals surface area contributed by atoms with Gasteiger partial charge in [-0.1, -0.05) is 26.2 Å².